The maximum absolute atomic E-state index is 5.79. The maximum atomic E-state index is 5.79. The lowest BCUT2D eigenvalue weighted by molar-refractivity contribution is -0.0938. The second-order valence-electron chi connectivity index (χ2n) is 6.66. The summed E-state index contributed by atoms with van der Waals surface area (Å²) in [6.07, 6.45) is 2.55. The van der Waals surface area contributed by atoms with Crippen molar-refractivity contribution in [2.24, 2.45) is 5.41 Å². The Morgan fingerprint density at radius 2 is 2.06 bits per heavy atom. The van der Waals surface area contributed by atoms with Crippen molar-refractivity contribution in [3.63, 3.8) is 0 Å². The second kappa shape index (κ2) is 6.88. The zero-order valence-corrected chi connectivity index (χ0v) is 13.0. The van der Waals surface area contributed by atoms with E-state index in [1.807, 2.05) is 0 Å². The first-order valence-electron chi connectivity index (χ1n) is 7.48. The third-order valence-corrected chi connectivity index (χ3v) is 3.77. The lowest BCUT2D eigenvalue weighted by Crippen LogP contribution is -2.52. The minimum absolute atomic E-state index is 0.0174. The summed E-state index contributed by atoms with van der Waals surface area (Å²) in [4.78, 5) is 2.58. The van der Waals surface area contributed by atoms with Crippen molar-refractivity contribution in [3.8, 4) is 0 Å². The van der Waals surface area contributed by atoms with E-state index in [-0.39, 0.29) is 5.60 Å². The Morgan fingerprint density at radius 1 is 1.33 bits per heavy atom. The summed E-state index contributed by atoms with van der Waals surface area (Å²) in [6.45, 7) is 17.6. The third kappa shape index (κ3) is 5.25. The molecule has 3 nitrogen and oxygen atoms in total. The molecule has 18 heavy (non-hydrogen) atoms. The van der Waals surface area contributed by atoms with Gasteiger partial charge in [-0.15, -0.1) is 0 Å². The predicted octanol–water partition coefficient (Wildman–Crippen LogP) is 2.51. The largest absolute Gasteiger partial charge is 0.373 e. The Kier molecular flexibility index (Phi) is 6.09. The van der Waals surface area contributed by atoms with Crippen LogP contribution in [0.5, 0.6) is 0 Å². The molecule has 1 atom stereocenters. The Labute approximate surface area is 113 Å². The van der Waals surface area contributed by atoms with Gasteiger partial charge >= 0.3 is 0 Å². The molecule has 1 saturated heterocycles. The van der Waals surface area contributed by atoms with Gasteiger partial charge < -0.3 is 10.1 Å². The van der Waals surface area contributed by atoms with Gasteiger partial charge in [-0.3, -0.25) is 4.90 Å². The van der Waals surface area contributed by atoms with Crippen LogP contribution in [0.1, 0.15) is 47.5 Å². The van der Waals surface area contributed by atoms with Gasteiger partial charge in [0, 0.05) is 26.2 Å². The van der Waals surface area contributed by atoms with Gasteiger partial charge in [0.05, 0.1) is 12.2 Å². The zero-order valence-electron chi connectivity index (χ0n) is 13.0. The molecule has 0 spiro atoms. The molecule has 108 valence electrons. The summed E-state index contributed by atoms with van der Waals surface area (Å²) in [6, 6.07) is 0. The monoisotopic (exact) mass is 256 g/mol. The molecule has 1 rings (SSSR count). The van der Waals surface area contributed by atoms with Crippen LogP contribution >= 0.6 is 0 Å². The Bertz CT molecular complexity index is 243. The van der Waals surface area contributed by atoms with Crippen LogP contribution in [0.3, 0.4) is 0 Å². The molecule has 0 aromatic rings. The van der Waals surface area contributed by atoms with Crippen molar-refractivity contribution < 1.29 is 4.74 Å². The van der Waals surface area contributed by atoms with Crippen molar-refractivity contribution in [1.82, 2.24) is 10.2 Å². The maximum Gasteiger partial charge on any atom is 0.0753 e. The second-order valence-corrected chi connectivity index (χ2v) is 6.66. The van der Waals surface area contributed by atoms with Gasteiger partial charge in [-0.25, -0.2) is 0 Å². The van der Waals surface area contributed by atoms with E-state index in [0.717, 1.165) is 32.8 Å². The number of rotatable bonds is 7. The molecule has 0 bridgehead atoms. The fourth-order valence-electron chi connectivity index (χ4n) is 3.04. The highest BCUT2D eigenvalue weighted by Gasteiger charge is 2.32. The molecule has 1 unspecified atom stereocenters. The van der Waals surface area contributed by atoms with Crippen molar-refractivity contribution in [2.45, 2.75) is 53.1 Å². The summed E-state index contributed by atoms with van der Waals surface area (Å²) < 4.78 is 5.79. The van der Waals surface area contributed by atoms with Gasteiger partial charge in [0.15, 0.2) is 0 Å². The number of nitrogens with one attached hydrogen (secondary N) is 1. The lowest BCUT2D eigenvalue weighted by atomic mass is 9.84. The first-order valence-corrected chi connectivity index (χ1v) is 7.48. The molecule has 1 N–H and O–H groups in total. The smallest absolute Gasteiger partial charge is 0.0753 e. The Balaban J connectivity index is 2.54. The molecule has 3 heteroatoms. The van der Waals surface area contributed by atoms with E-state index in [1.54, 1.807) is 0 Å². The van der Waals surface area contributed by atoms with Gasteiger partial charge in [-0.1, -0.05) is 27.2 Å². The van der Waals surface area contributed by atoms with Gasteiger partial charge in [0.1, 0.15) is 0 Å². The molecule has 0 aliphatic carbocycles. The van der Waals surface area contributed by atoms with Crippen molar-refractivity contribution in [3.05, 3.63) is 0 Å². The van der Waals surface area contributed by atoms with Gasteiger partial charge in [-0.05, 0) is 32.2 Å². The van der Waals surface area contributed by atoms with Crippen LogP contribution in [-0.4, -0.2) is 49.8 Å². The average Bonchev–Trinajstić information content (AvgIpc) is 2.25. The van der Waals surface area contributed by atoms with Crippen LogP contribution in [-0.2, 0) is 4.74 Å². The number of nitrogens with zero attached hydrogens (tertiary/aromatic N) is 1. The summed E-state index contributed by atoms with van der Waals surface area (Å²) in [5.41, 5.74) is 0.405. The van der Waals surface area contributed by atoms with Crippen molar-refractivity contribution >= 4 is 0 Å². The Hall–Kier alpha value is -0.120. The number of morpholine rings is 1. The average molecular weight is 256 g/mol. The van der Waals surface area contributed by atoms with Crippen molar-refractivity contribution in [2.75, 3.05) is 39.3 Å². The van der Waals surface area contributed by atoms with E-state index in [1.165, 1.54) is 19.4 Å². The van der Waals surface area contributed by atoms with Gasteiger partial charge in [-0.2, -0.15) is 0 Å². The molecule has 0 aromatic carbocycles. The highest BCUT2D eigenvalue weighted by atomic mass is 16.5. The minimum atomic E-state index is 0.0174. The highest BCUT2D eigenvalue weighted by Crippen LogP contribution is 2.26. The predicted molar refractivity (Wildman–Crippen MR) is 78.0 cm³/mol. The third-order valence-electron chi connectivity index (χ3n) is 3.77. The first-order chi connectivity index (χ1) is 8.41. The lowest BCUT2D eigenvalue weighted by Gasteiger charge is -2.42. The molecule has 0 amide bonds. The molecular formula is C15H32N2O. The molecule has 1 aliphatic rings. The Morgan fingerprint density at radius 3 is 2.61 bits per heavy atom. The number of hydrogen-bond acceptors (Lipinski definition) is 3. The SMILES string of the molecule is CCCC(C)(CNCC)CN1CCOC(C)(C)C1. The highest BCUT2D eigenvalue weighted by molar-refractivity contribution is 4.85. The van der Waals surface area contributed by atoms with E-state index < -0.39 is 0 Å². The molecule has 1 heterocycles. The fourth-order valence-corrected chi connectivity index (χ4v) is 3.04. The van der Waals surface area contributed by atoms with Crippen LogP contribution in [0.15, 0.2) is 0 Å². The molecular weight excluding hydrogens is 224 g/mol. The van der Waals surface area contributed by atoms with E-state index in [9.17, 15) is 0 Å². The van der Waals surface area contributed by atoms with Crippen LogP contribution in [0, 0.1) is 5.41 Å². The van der Waals surface area contributed by atoms with E-state index in [2.05, 4.69) is 44.8 Å². The summed E-state index contributed by atoms with van der Waals surface area (Å²) in [5, 5.41) is 3.53. The van der Waals surface area contributed by atoms with Crippen LogP contribution in [0.4, 0.5) is 0 Å². The van der Waals surface area contributed by atoms with E-state index >= 15 is 0 Å². The van der Waals surface area contributed by atoms with Crippen LogP contribution < -0.4 is 5.32 Å². The molecule has 0 saturated carbocycles. The first kappa shape index (κ1) is 15.9. The zero-order chi connectivity index (χ0) is 13.6. The standard InChI is InChI=1S/C15H32N2O/c1-6-8-15(5,11-16-7-2)13-17-9-10-18-14(3,4)12-17/h16H,6-13H2,1-5H3. The van der Waals surface area contributed by atoms with Crippen LogP contribution in [0.2, 0.25) is 0 Å². The van der Waals surface area contributed by atoms with E-state index in [4.69, 9.17) is 4.74 Å². The summed E-state index contributed by atoms with van der Waals surface area (Å²) in [7, 11) is 0. The van der Waals surface area contributed by atoms with Gasteiger partial charge in [0.25, 0.3) is 0 Å². The summed E-state index contributed by atoms with van der Waals surface area (Å²) >= 11 is 0. The minimum Gasteiger partial charge on any atom is -0.373 e. The van der Waals surface area contributed by atoms with Gasteiger partial charge in [0.2, 0.25) is 0 Å². The topological polar surface area (TPSA) is 24.5 Å². The fraction of sp³-hybridized carbons (Fsp3) is 1.00. The molecule has 1 fully saturated rings. The quantitative estimate of drug-likeness (QED) is 0.757. The molecule has 1 aliphatic heterocycles. The number of ether oxygens (including phenoxy) is 1. The van der Waals surface area contributed by atoms with Crippen LogP contribution in [0.25, 0.3) is 0 Å². The van der Waals surface area contributed by atoms with E-state index in [0.29, 0.717) is 5.41 Å². The number of hydrogen-bond donors (Lipinski definition) is 1. The molecule has 0 radical (unpaired) electrons. The molecule has 0 aromatic heterocycles. The van der Waals surface area contributed by atoms with Crippen molar-refractivity contribution in [1.29, 1.82) is 0 Å². The normalized spacial score (nSPS) is 23.8. The summed E-state index contributed by atoms with van der Waals surface area (Å²) in [5.74, 6) is 0.